The van der Waals surface area contributed by atoms with Crippen molar-refractivity contribution < 1.29 is 31.5 Å². The summed E-state index contributed by atoms with van der Waals surface area (Å²) in [6.45, 7) is -1.26. The van der Waals surface area contributed by atoms with Crippen LogP contribution in [0.25, 0.3) is 0 Å². The summed E-state index contributed by atoms with van der Waals surface area (Å²) < 4.78 is 69.9. The molecule has 1 amide bonds. The average molecular weight is 304 g/mol. The second-order valence-electron chi connectivity index (χ2n) is 3.68. The Balaban J connectivity index is 0.00000180. The lowest BCUT2D eigenvalue weighted by Crippen LogP contribution is -2.50. The lowest BCUT2D eigenvalue weighted by atomic mass is 9.99. The molecule has 0 aliphatic carbocycles. The number of halogens is 6. The summed E-state index contributed by atoms with van der Waals surface area (Å²) in [7, 11) is 0. The highest BCUT2D eigenvalue weighted by Crippen LogP contribution is 2.36. The Labute approximate surface area is 110 Å². The van der Waals surface area contributed by atoms with Crippen molar-refractivity contribution >= 4 is 18.5 Å². The van der Waals surface area contributed by atoms with Gasteiger partial charge in [-0.3, -0.25) is 0 Å². The SMILES string of the molecule is Cl.O=C1N[C@H](c2ccc(F)c(F)c2F)C(F)(F)CO1. The van der Waals surface area contributed by atoms with Crippen molar-refractivity contribution in [1.29, 1.82) is 0 Å². The standard InChI is InChI=1S/C10H6F5NO2.ClH/c11-5-2-1-4(6(12)7(5)13)8-10(14,15)3-18-9(17)16-8;/h1-2,8H,3H2,(H,16,17);1H/t8-;/m1./s1. The molecule has 1 aromatic rings. The quantitative estimate of drug-likeness (QED) is 0.640. The zero-order valence-electron chi connectivity index (χ0n) is 9.05. The number of amides is 1. The Morgan fingerprint density at radius 3 is 2.47 bits per heavy atom. The Kier molecular flexibility index (Phi) is 4.24. The third kappa shape index (κ3) is 2.73. The van der Waals surface area contributed by atoms with E-state index in [9.17, 15) is 26.7 Å². The molecule has 106 valence electrons. The van der Waals surface area contributed by atoms with Gasteiger partial charge in [0.05, 0.1) is 0 Å². The molecule has 1 aliphatic heterocycles. The molecule has 0 aromatic heterocycles. The third-order valence-electron chi connectivity index (χ3n) is 2.46. The van der Waals surface area contributed by atoms with Crippen LogP contribution in [0.2, 0.25) is 0 Å². The minimum Gasteiger partial charge on any atom is -0.443 e. The molecule has 0 radical (unpaired) electrons. The van der Waals surface area contributed by atoms with Gasteiger partial charge in [-0.1, -0.05) is 6.07 Å². The van der Waals surface area contributed by atoms with Gasteiger partial charge in [-0.25, -0.2) is 26.7 Å². The van der Waals surface area contributed by atoms with Gasteiger partial charge in [0.25, 0.3) is 0 Å². The number of alkyl halides is 2. The van der Waals surface area contributed by atoms with Crippen LogP contribution in [0, 0.1) is 17.5 Å². The van der Waals surface area contributed by atoms with E-state index in [-0.39, 0.29) is 12.4 Å². The highest BCUT2D eigenvalue weighted by atomic mass is 35.5. The molecule has 0 spiro atoms. The predicted octanol–water partition coefficient (Wildman–Crippen LogP) is 2.94. The van der Waals surface area contributed by atoms with Crippen molar-refractivity contribution in [1.82, 2.24) is 5.32 Å². The Hall–Kier alpha value is -1.57. The Morgan fingerprint density at radius 2 is 1.84 bits per heavy atom. The zero-order valence-corrected chi connectivity index (χ0v) is 9.87. The van der Waals surface area contributed by atoms with Crippen LogP contribution in [0.1, 0.15) is 11.6 Å². The summed E-state index contributed by atoms with van der Waals surface area (Å²) >= 11 is 0. The third-order valence-corrected chi connectivity index (χ3v) is 2.46. The number of ether oxygens (including phenoxy) is 1. The molecule has 3 nitrogen and oxygen atoms in total. The van der Waals surface area contributed by atoms with Crippen LogP contribution in [-0.2, 0) is 4.74 Å². The number of rotatable bonds is 1. The van der Waals surface area contributed by atoms with Crippen LogP contribution in [0.4, 0.5) is 26.7 Å². The second-order valence-corrected chi connectivity index (χ2v) is 3.68. The first-order valence-corrected chi connectivity index (χ1v) is 4.77. The molecule has 0 bridgehead atoms. The topological polar surface area (TPSA) is 38.3 Å². The van der Waals surface area contributed by atoms with Gasteiger partial charge >= 0.3 is 12.0 Å². The monoisotopic (exact) mass is 303 g/mol. The van der Waals surface area contributed by atoms with E-state index in [4.69, 9.17) is 0 Å². The van der Waals surface area contributed by atoms with E-state index in [0.29, 0.717) is 12.1 Å². The van der Waals surface area contributed by atoms with Crippen LogP contribution in [0.5, 0.6) is 0 Å². The number of carbonyl (C=O) groups excluding carboxylic acids is 1. The average Bonchev–Trinajstić information content (AvgIpc) is 2.30. The van der Waals surface area contributed by atoms with Gasteiger partial charge in [0.1, 0.15) is 6.04 Å². The molecule has 2 rings (SSSR count). The molecule has 1 N–H and O–H groups in total. The number of cyclic esters (lactones) is 1. The fourth-order valence-electron chi connectivity index (χ4n) is 1.58. The van der Waals surface area contributed by atoms with E-state index in [0.717, 1.165) is 0 Å². The van der Waals surface area contributed by atoms with Gasteiger partial charge < -0.3 is 10.1 Å². The number of hydrogen-bond donors (Lipinski definition) is 1. The molecule has 1 heterocycles. The number of nitrogens with one attached hydrogen (secondary N) is 1. The lowest BCUT2D eigenvalue weighted by Gasteiger charge is -2.31. The summed E-state index contributed by atoms with van der Waals surface area (Å²) in [6.07, 6.45) is -1.19. The predicted molar refractivity (Wildman–Crippen MR) is 55.7 cm³/mol. The molecule has 0 unspecified atom stereocenters. The molecule has 0 saturated carbocycles. The summed E-state index contributed by atoms with van der Waals surface area (Å²) in [5, 5.41) is 1.67. The minimum atomic E-state index is -3.63. The van der Waals surface area contributed by atoms with Gasteiger partial charge in [0.2, 0.25) is 0 Å². The first-order valence-electron chi connectivity index (χ1n) is 4.77. The molecular formula is C10H7ClF5NO2. The lowest BCUT2D eigenvalue weighted by molar-refractivity contribution is -0.105. The first-order chi connectivity index (χ1) is 8.33. The number of carbonyl (C=O) groups is 1. The van der Waals surface area contributed by atoms with Gasteiger partial charge in [0, 0.05) is 5.56 Å². The second kappa shape index (κ2) is 5.20. The zero-order chi connectivity index (χ0) is 13.5. The summed E-state index contributed by atoms with van der Waals surface area (Å²) in [4.78, 5) is 10.8. The molecule has 1 aromatic carbocycles. The van der Waals surface area contributed by atoms with Gasteiger partial charge in [-0.05, 0) is 6.07 Å². The van der Waals surface area contributed by atoms with E-state index in [1.165, 1.54) is 0 Å². The molecule has 1 atom stereocenters. The maximum Gasteiger partial charge on any atom is 0.408 e. The number of hydrogen-bond acceptors (Lipinski definition) is 2. The van der Waals surface area contributed by atoms with Crippen molar-refractivity contribution in [3.8, 4) is 0 Å². The normalized spacial score (nSPS) is 21.1. The fourth-order valence-corrected chi connectivity index (χ4v) is 1.58. The largest absolute Gasteiger partial charge is 0.443 e. The van der Waals surface area contributed by atoms with Crippen LogP contribution in [0.15, 0.2) is 12.1 Å². The van der Waals surface area contributed by atoms with Crippen molar-refractivity contribution in [2.24, 2.45) is 0 Å². The summed E-state index contributed by atoms with van der Waals surface area (Å²) in [6, 6.07) is -0.947. The van der Waals surface area contributed by atoms with Crippen molar-refractivity contribution in [2.75, 3.05) is 6.61 Å². The van der Waals surface area contributed by atoms with E-state index in [1.54, 1.807) is 5.32 Å². The number of alkyl carbamates (subject to hydrolysis) is 1. The highest BCUT2D eigenvalue weighted by Gasteiger charge is 2.48. The van der Waals surface area contributed by atoms with Crippen LogP contribution in [-0.4, -0.2) is 18.6 Å². The van der Waals surface area contributed by atoms with E-state index < -0.39 is 47.7 Å². The van der Waals surface area contributed by atoms with Crippen LogP contribution < -0.4 is 5.32 Å². The van der Waals surface area contributed by atoms with Crippen molar-refractivity contribution in [3.63, 3.8) is 0 Å². The van der Waals surface area contributed by atoms with E-state index in [2.05, 4.69) is 4.74 Å². The van der Waals surface area contributed by atoms with Crippen LogP contribution >= 0.6 is 12.4 Å². The molecule has 9 heteroatoms. The smallest absolute Gasteiger partial charge is 0.408 e. The van der Waals surface area contributed by atoms with Crippen LogP contribution in [0.3, 0.4) is 0 Å². The van der Waals surface area contributed by atoms with Crippen molar-refractivity contribution in [3.05, 3.63) is 35.1 Å². The minimum absolute atomic E-state index is 0. The Bertz CT molecular complexity index is 511. The van der Waals surface area contributed by atoms with Gasteiger partial charge in [0.15, 0.2) is 24.1 Å². The highest BCUT2D eigenvalue weighted by molar-refractivity contribution is 5.85. The summed E-state index contributed by atoms with van der Waals surface area (Å²) in [5.74, 6) is -8.76. The molecule has 1 aliphatic rings. The fraction of sp³-hybridized carbons (Fsp3) is 0.300. The maximum atomic E-state index is 13.4. The first kappa shape index (κ1) is 15.5. The molecule has 1 fully saturated rings. The maximum absolute atomic E-state index is 13.4. The van der Waals surface area contributed by atoms with Crippen molar-refractivity contribution in [2.45, 2.75) is 12.0 Å². The molecule has 19 heavy (non-hydrogen) atoms. The summed E-state index contributed by atoms with van der Waals surface area (Å²) in [5.41, 5.74) is -0.837. The van der Waals surface area contributed by atoms with E-state index >= 15 is 0 Å². The van der Waals surface area contributed by atoms with E-state index in [1.807, 2.05) is 0 Å². The molecular weight excluding hydrogens is 297 g/mol. The molecule has 1 saturated heterocycles. The number of benzene rings is 1. The van der Waals surface area contributed by atoms with Gasteiger partial charge in [-0.2, -0.15) is 0 Å². The Morgan fingerprint density at radius 1 is 1.21 bits per heavy atom. The van der Waals surface area contributed by atoms with Gasteiger partial charge in [-0.15, -0.1) is 12.4 Å².